The van der Waals surface area contributed by atoms with Crippen LogP contribution in [-0.4, -0.2) is 18.7 Å². The monoisotopic (exact) mass is 188 g/mol. The number of hydrogen-bond acceptors (Lipinski definition) is 2. The minimum Gasteiger partial charge on any atom is -0.463 e. The number of ether oxygens (including phenoxy) is 1. The van der Waals surface area contributed by atoms with Crippen LogP contribution in [0.3, 0.4) is 0 Å². The first-order valence-electron chi connectivity index (χ1n) is 4.61. The molecule has 0 aliphatic rings. The average Bonchev–Trinajstić information content (AvgIpc) is 2.05. The first-order valence-corrected chi connectivity index (χ1v) is 4.61. The van der Waals surface area contributed by atoms with Gasteiger partial charge in [0, 0.05) is 5.57 Å². The molecular formula is C10H17FO2. The van der Waals surface area contributed by atoms with Crippen LogP contribution in [-0.2, 0) is 9.53 Å². The molecule has 0 heterocycles. The van der Waals surface area contributed by atoms with Gasteiger partial charge < -0.3 is 4.74 Å². The molecule has 0 aliphatic carbocycles. The van der Waals surface area contributed by atoms with Gasteiger partial charge in [0.05, 0.1) is 6.61 Å². The van der Waals surface area contributed by atoms with E-state index < -0.39 is 12.1 Å². The van der Waals surface area contributed by atoms with Crippen LogP contribution in [0.2, 0.25) is 0 Å². The van der Waals surface area contributed by atoms with Gasteiger partial charge in [0.1, 0.15) is 6.17 Å². The summed E-state index contributed by atoms with van der Waals surface area (Å²) in [6, 6.07) is 0. The summed E-state index contributed by atoms with van der Waals surface area (Å²) in [6.45, 7) is 5.53. The molecule has 0 saturated carbocycles. The quantitative estimate of drug-likeness (QED) is 0.489. The molecule has 0 aromatic heterocycles. The molecular weight excluding hydrogens is 171 g/mol. The fraction of sp³-hybridized carbons (Fsp3) is 0.700. The Kier molecular flexibility index (Phi) is 6.20. The van der Waals surface area contributed by atoms with Gasteiger partial charge in [0.15, 0.2) is 0 Å². The molecule has 0 rings (SSSR count). The fourth-order valence-electron chi connectivity index (χ4n) is 0.943. The van der Waals surface area contributed by atoms with Gasteiger partial charge in [-0.05, 0) is 26.3 Å². The maximum absolute atomic E-state index is 13.0. The summed E-state index contributed by atoms with van der Waals surface area (Å²) in [5, 5.41) is 0. The Morgan fingerprint density at radius 3 is 2.62 bits per heavy atom. The first-order chi connectivity index (χ1) is 6.11. The van der Waals surface area contributed by atoms with Crippen LogP contribution in [0.5, 0.6) is 0 Å². The smallest absolute Gasteiger partial charge is 0.333 e. The van der Waals surface area contributed by atoms with E-state index in [0.717, 1.165) is 6.42 Å². The Labute approximate surface area is 78.8 Å². The van der Waals surface area contributed by atoms with Gasteiger partial charge in [0.2, 0.25) is 0 Å². The maximum atomic E-state index is 13.0. The summed E-state index contributed by atoms with van der Waals surface area (Å²) < 4.78 is 17.7. The number of carbonyl (C=O) groups is 1. The largest absolute Gasteiger partial charge is 0.463 e. The maximum Gasteiger partial charge on any atom is 0.333 e. The summed E-state index contributed by atoms with van der Waals surface area (Å²) in [6.07, 6.45) is 1.51. The number of hydrogen-bond donors (Lipinski definition) is 0. The van der Waals surface area contributed by atoms with Crippen molar-refractivity contribution in [3.8, 4) is 0 Å². The van der Waals surface area contributed by atoms with Gasteiger partial charge in [-0.25, -0.2) is 9.18 Å². The third kappa shape index (κ3) is 5.39. The van der Waals surface area contributed by atoms with Crippen molar-refractivity contribution in [2.24, 2.45) is 0 Å². The molecule has 0 saturated heterocycles. The van der Waals surface area contributed by atoms with Crippen LogP contribution in [0, 0.1) is 0 Å². The van der Waals surface area contributed by atoms with Gasteiger partial charge in [-0.1, -0.05) is 13.3 Å². The van der Waals surface area contributed by atoms with Gasteiger partial charge in [-0.2, -0.15) is 0 Å². The van der Waals surface area contributed by atoms with Crippen molar-refractivity contribution in [2.45, 2.75) is 39.8 Å². The Balaban J connectivity index is 4.06. The van der Waals surface area contributed by atoms with E-state index in [-0.39, 0.29) is 0 Å². The predicted octanol–water partition coefficient (Wildman–Crippen LogP) is 2.63. The van der Waals surface area contributed by atoms with E-state index in [1.54, 1.807) is 13.8 Å². The second-order valence-corrected chi connectivity index (χ2v) is 2.87. The fourth-order valence-corrected chi connectivity index (χ4v) is 0.943. The highest BCUT2D eigenvalue weighted by Gasteiger charge is 2.08. The molecule has 0 spiro atoms. The molecule has 0 radical (unpaired) electrons. The van der Waals surface area contributed by atoms with Gasteiger partial charge >= 0.3 is 5.97 Å². The lowest BCUT2D eigenvalue weighted by molar-refractivity contribution is -0.138. The second kappa shape index (κ2) is 6.63. The second-order valence-electron chi connectivity index (χ2n) is 2.87. The van der Waals surface area contributed by atoms with Crippen LogP contribution >= 0.6 is 0 Å². The standard InChI is InChI=1S/C10H17FO2/c1-4-6-9(11)7-8(3)10(12)13-5-2/h7,9H,4-6H2,1-3H3/b8-7+. The van der Waals surface area contributed by atoms with E-state index in [1.807, 2.05) is 6.92 Å². The lowest BCUT2D eigenvalue weighted by atomic mass is 10.1. The van der Waals surface area contributed by atoms with Crippen LogP contribution in [0.15, 0.2) is 11.6 Å². The number of carbonyl (C=O) groups excluding carboxylic acids is 1. The van der Waals surface area contributed by atoms with Gasteiger partial charge in [-0.15, -0.1) is 0 Å². The van der Waals surface area contributed by atoms with Crippen molar-refractivity contribution in [2.75, 3.05) is 6.61 Å². The zero-order valence-electron chi connectivity index (χ0n) is 8.47. The van der Waals surface area contributed by atoms with Crippen LogP contribution in [0.4, 0.5) is 4.39 Å². The lowest BCUT2D eigenvalue weighted by Gasteiger charge is -2.03. The highest BCUT2D eigenvalue weighted by molar-refractivity contribution is 5.87. The zero-order chi connectivity index (χ0) is 10.3. The van der Waals surface area contributed by atoms with Gasteiger partial charge in [0.25, 0.3) is 0 Å². The van der Waals surface area contributed by atoms with Crippen molar-refractivity contribution in [1.29, 1.82) is 0 Å². The van der Waals surface area contributed by atoms with Crippen molar-refractivity contribution in [1.82, 2.24) is 0 Å². The van der Waals surface area contributed by atoms with Crippen LogP contribution in [0.1, 0.15) is 33.6 Å². The topological polar surface area (TPSA) is 26.3 Å². The van der Waals surface area contributed by atoms with E-state index in [1.165, 1.54) is 6.08 Å². The highest BCUT2D eigenvalue weighted by Crippen LogP contribution is 2.07. The Morgan fingerprint density at radius 1 is 1.54 bits per heavy atom. The normalized spacial score (nSPS) is 14.0. The molecule has 0 aromatic rings. The third-order valence-electron chi connectivity index (χ3n) is 1.59. The first kappa shape index (κ1) is 12.1. The summed E-state index contributed by atoms with van der Waals surface area (Å²) in [4.78, 5) is 11.0. The van der Waals surface area contributed by atoms with Crippen molar-refractivity contribution < 1.29 is 13.9 Å². The average molecular weight is 188 g/mol. The molecule has 1 atom stereocenters. The molecule has 1 unspecified atom stereocenters. The Morgan fingerprint density at radius 2 is 2.15 bits per heavy atom. The van der Waals surface area contributed by atoms with E-state index in [0.29, 0.717) is 18.6 Å². The molecule has 0 amide bonds. The number of rotatable bonds is 5. The lowest BCUT2D eigenvalue weighted by Crippen LogP contribution is -2.07. The molecule has 0 N–H and O–H groups in total. The minimum atomic E-state index is -1.03. The number of alkyl halides is 1. The number of allylic oxidation sites excluding steroid dienone is 1. The summed E-state index contributed by atoms with van der Waals surface area (Å²) in [7, 11) is 0. The van der Waals surface area contributed by atoms with Crippen LogP contribution < -0.4 is 0 Å². The van der Waals surface area contributed by atoms with E-state index >= 15 is 0 Å². The molecule has 76 valence electrons. The SMILES string of the molecule is CCCC(F)/C=C(\C)C(=O)OCC. The van der Waals surface area contributed by atoms with E-state index in [9.17, 15) is 9.18 Å². The molecule has 0 fully saturated rings. The zero-order valence-corrected chi connectivity index (χ0v) is 8.47. The van der Waals surface area contributed by atoms with E-state index in [4.69, 9.17) is 4.74 Å². The summed E-state index contributed by atoms with van der Waals surface area (Å²) in [5.74, 6) is -0.429. The van der Waals surface area contributed by atoms with Crippen molar-refractivity contribution >= 4 is 5.97 Å². The minimum absolute atomic E-state index is 0.328. The molecule has 0 aromatic carbocycles. The number of esters is 1. The predicted molar refractivity (Wildman–Crippen MR) is 50.2 cm³/mol. The highest BCUT2D eigenvalue weighted by atomic mass is 19.1. The summed E-state index contributed by atoms with van der Waals surface area (Å²) >= 11 is 0. The summed E-state index contributed by atoms with van der Waals surface area (Å²) in [5.41, 5.74) is 0.350. The van der Waals surface area contributed by atoms with Crippen molar-refractivity contribution in [3.63, 3.8) is 0 Å². The van der Waals surface area contributed by atoms with E-state index in [2.05, 4.69) is 0 Å². The molecule has 0 aliphatic heterocycles. The molecule has 3 heteroatoms. The Hall–Kier alpha value is -0.860. The molecule has 0 bridgehead atoms. The third-order valence-corrected chi connectivity index (χ3v) is 1.59. The van der Waals surface area contributed by atoms with Crippen LogP contribution in [0.25, 0.3) is 0 Å². The molecule has 13 heavy (non-hydrogen) atoms. The number of halogens is 1. The Bertz CT molecular complexity index is 187. The molecule has 2 nitrogen and oxygen atoms in total. The van der Waals surface area contributed by atoms with Crippen molar-refractivity contribution in [3.05, 3.63) is 11.6 Å². The van der Waals surface area contributed by atoms with Gasteiger partial charge in [-0.3, -0.25) is 0 Å².